The number of ether oxygens (including phenoxy) is 2. The molecule has 0 aromatic carbocycles. The van der Waals surface area contributed by atoms with Crippen LogP contribution >= 0.6 is 11.3 Å². The van der Waals surface area contributed by atoms with E-state index in [-0.39, 0.29) is 12.2 Å². The highest BCUT2D eigenvalue weighted by atomic mass is 32.1. The maximum absolute atomic E-state index is 12.2. The van der Waals surface area contributed by atoms with Crippen molar-refractivity contribution in [1.82, 2.24) is 14.9 Å². The zero-order valence-corrected chi connectivity index (χ0v) is 16.6. The van der Waals surface area contributed by atoms with Crippen LogP contribution in [0.3, 0.4) is 0 Å². The summed E-state index contributed by atoms with van der Waals surface area (Å²) in [7, 11) is 0. The number of hydrogen-bond donors (Lipinski definition) is 0. The summed E-state index contributed by atoms with van der Waals surface area (Å²) in [5.74, 6) is 0. The van der Waals surface area contributed by atoms with E-state index in [4.69, 9.17) is 9.47 Å². The lowest BCUT2D eigenvalue weighted by molar-refractivity contribution is -0.104. The number of carbonyl (C=O) groups excluding carboxylic acids is 1. The normalized spacial score (nSPS) is 19.2. The highest BCUT2D eigenvalue weighted by Crippen LogP contribution is 2.37. The molecule has 2 aromatic heterocycles. The van der Waals surface area contributed by atoms with Gasteiger partial charge in [-0.05, 0) is 24.6 Å². The molecule has 4 heterocycles. The molecule has 0 spiro atoms. The van der Waals surface area contributed by atoms with Crippen LogP contribution < -0.4 is 4.90 Å². The van der Waals surface area contributed by atoms with E-state index in [2.05, 4.69) is 32.4 Å². The highest BCUT2D eigenvalue weighted by molar-refractivity contribution is 7.10. The molecule has 5 rings (SSSR count). The van der Waals surface area contributed by atoms with Crippen molar-refractivity contribution in [2.75, 3.05) is 44.3 Å². The van der Waals surface area contributed by atoms with E-state index in [1.165, 1.54) is 16.8 Å². The number of aryl methyl sites for hydroxylation is 1. The number of hydrogen-bond acceptors (Lipinski definition) is 7. The molecule has 0 saturated carbocycles. The van der Waals surface area contributed by atoms with Gasteiger partial charge in [-0.2, -0.15) is 0 Å². The van der Waals surface area contributed by atoms with Crippen LogP contribution in [0.25, 0.3) is 11.6 Å². The molecule has 0 N–H and O–H groups in total. The van der Waals surface area contributed by atoms with Crippen molar-refractivity contribution in [2.24, 2.45) is 0 Å². The summed E-state index contributed by atoms with van der Waals surface area (Å²) in [4.78, 5) is 25.6. The Morgan fingerprint density at radius 1 is 1.29 bits per heavy atom. The van der Waals surface area contributed by atoms with E-state index in [9.17, 15) is 4.79 Å². The Kier molecular flexibility index (Phi) is 4.52. The summed E-state index contributed by atoms with van der Waals surface area (Å²) in [6, 6.07) is 2.07. The highest BCUT2D eigenvalue weighted by Gasteiger charge is 2.29. The minimum Gasteiger partial charge on any atom is -0.441 e. The quantitative estimate of drug-likeness (QED) is 0.792. The number of anilines is 1. The van der Waals surface area contributed by atoms with Gasteiger partial charge in [0.05, 0.1) is 18.9 Å². The second-order valence-corrected chi connectivity index (χ2v) is 8.21. The van der Waals surface area contributed by atoms with Crippen molar-refractivity contribution < 1.29 is 14.3 Å². The van der Waals surface area contributed by atoms with Crippen molar-refractivity contribution in [3.05, 3.63) is 39.6 Å². The summed E-state index contributed by atoms with van der Waals surface area (Å²) >= 11 is 1.69. The monoisotopic (exact) mass is 398 g/mol. The molecule has 0 atom stereocenters. The lowest BCUT2D eigenvalue weighted by Gasteiger charge is -2.37. The van der Waals surface area contributed by atoms with Crippen molar-refractivity contribution >= 4 is 34.8 Å². The second kappa shape index (κ2) is 7.18. The Morgan fingerprint density at radius 3 is 2.79 bits per heavy atom. The third-order valence-electron chi connectivity index (χ3n) is 5.37. The Balaban J connectivity index is 1.29. The van der Waals surface area contributed by atoms with E-state index in [0.717, 1.165) is 35.9 Å². The average Bonchev–Trinajstić information content (AvgIpc) is 3.30. The number of nitrogens with zero attached hydrogens (tertiary/aromatic N) is 4. The minimum absolute atomic E-state index is 0.0768. The third kappa shape index (κ3) is 3.27. The summed E-state index contributed by atoms with van der Waals surface area (Å²) in [5, 5.41) is 3.16. The Hall–Kier alpha value is -2.45. The number of aromatic nitrogens is 2. The fourth-order valence-corrected chi connectivity index (χ4v) is 4.57. The number of piperazine rings is 1. The van der Waals surface area contributed by atoms with Crippen LogP contribution in [0, 0.1) is 6.92 Å². The van der Waals surface area contributed by atoms with Gasteiger partial charge in [-0.3, -0.25) is 4.98 Å². The number of fused-ring (bicyclic) bond motifs is 1. The molecule has 3 aliphatic rings. The molecule has 28 heavy (non-hydrogen) atoms. The van der Waals surface area contributed by atoms with Gasteiger partial charge in [0.15, 0.2) is 6.10 Å². The van der Waals surface area contributed by atoms with Crippen molar-refractivity contribution in [3.8, 4) is 0 Å². The number of thiazole rings is 1. The maximum atomic E-state index is 12.2. The number of allylic oxidation sites excluding steroid dienone is 1. The average molecular weight is 398 g/mol. The summed E-state index contributed by atoms with van der Waals surface area (Å²) in [5.41, 5.74) is 5.77. The minimum atomic E-state index is -0.228. The molecule has 0 bridgehead atoms. The fourth-order valence-electron chi connectivity index (χ4n) is 3.75. The first-order valence-electron chi connectivity index (χ1n) is 9.56. The van der Waals surface area contributed by atoms with Crippen LogP contribution in [-0.4, -0.2) is 66.5 Å². The Labute approximate surface area is 167 Å². The number of rotatable bonds is 3. The van der Waals surface area contributed by atoms with E-state index in [1.54, 1.807) is 16.2 Å². The predicted molar refractivity (Wildman–Crippen MR) is 108 cm³/mol. The van der Waals surface area contributed by atoms with Gasteiger partial charge in [-0.15, -0.1) is 11.3 Å². The van der Waals surface area contributed by atoms with Crippen LogP contribution in [0.4, 0.5) is 10.5 Å². The zero-order chi connectivity index (χ0) is 19.1. The van der Waals surface area contributed by atoms with Gasteiger partial charge in [-0.1, -0.05) is 0 Å². The van der Waals surface area contributed by atoms with E-state index >= 15 is 0 Å². The van der Waals surface area contributed by atoms with Crippen LogP contribution in [0.2, 0.25) is 0 Å². The van der Waals surface area contributed by atoms with E-state index < -0.39 is 0 Å². The first kappa shape index (κ1) is 17.6. The molecule has 2 aliphatic heterocycles. The molecular formula is C20H22N4O3S. The van der Waals surface area contributed by atoms with Crippen LogP contribution in [0.1, 0.15) is 22.0 Å². The summed E-state index contributed by atoms with van der Waals surface area (Å²) < 4.78 is 10.5. The molecule has 0 radical (unpaired) electrons. The van der Waals surface area contributed by atoms with Crippen molar-refractivity contribution in [3.63, 3.8) is 0 Å². The summed E-state index contributed by atoms with van der Waals surface area (Å²) in [6.07, 6.45) is 4.63. The Bertz CT molecular complexity index is 929. The van der Waals surface area contributed by atoms with Gasteiger partial charge in [0, 0.05) is 61.1 Å². The van der Waals surface area contributed by atoms with Crippen molar-refractivity contribution in [2.45, 2.75) is 19.4 Å². The Morgan fingerprint density at radius 2 is 2.11 bits per heavy atom. The van der Waals surface area contributed by atoms with Crippen LogP contribution in [0.15, 0.2) is 17.6 Å². The largest absolute Gasteiger partial charge is 0.441 e. The van der Waals surface area contributed by atoms with Gasteiger partial charge in [0.1, 0.15) is 5.01 Å². The van der Waals surface area contributed by atoms with Gasteiger partial charge in [0.25, 0.3) is 0 Å². The number of pyridine rings is 1. The fraction of sp³-hybridized carbons (Fsp3) is 0.450. The first-order chi connectivity index (χ1) is 13.7. The lowest BCUT2D eigenvalue weighted by atomic mass is 10.1. The number of amides is 1. The second-order valence-electron chi connectivity index (χ2n) is 7.35. The van der Waals surface area contributed by atoms with Gasteiger partial charge >= 0.3 is 6.09 Å². The SMILES string of the molecule is Cc1csc(C2=Cc3c(N4CCN(C(=O)OC5COC5)CC4)ccnc3C2)n1. The topological polar surface area (TPSA) is 67.8 Å². The predicted octanol–water partition coefficient (Wildman–Crippen LogP) is 2.60. The molecule has 2 saturated heterocycles. The molecule has 2 fully saturated rings. The lowest BCUT2D eigenvalue weighted by Crippen LogP contribution is -2.51. The molecule has 146 valence electrons. The molecule has 2 aromatic rings. The van der Waals surface area contributed by atoms with E-state index in [0.29, 0.717) is 26.3 Å². The zero-order valence-electron chi connectivity index (χ0n) is 15.8. The molecule has 8 heteroatoms. The van der Waals surface area contributed by atoms with Gasteiger partial charge in [0.2, 0.25) is 0 Å². The molecule has 7 nitrogen and oxygen atoms in total. The molecule has 0 unspecified atom stereocenters. The molecular weight excluding hydrogens is 376 g/mol. The van der Waals surface area contributed by atoms with Crippen LogP contribution in [0.5, 0.6) is 0 Å². The van der Waals surface area contributed by atoms with Gasteiger partial charge in [-0.25, -0.2) is 9.78 Å². The maximum Gasteiger partial charge on any atom is 0.410 e. The molecule has 1 amide bonds. The van der Waals surface area contributed by atoms with Crippen LogP contribution in [-0.2, 0) is 15.9 Å². The smallest absolute Gasteiger partial charge is 0.410 e. The summed E-state index contributed by atoms with van der Waals surface area (Å²) in [6.45, 7) is 5.94. The molecule has 1 aliphatic carbocycles. The van der Waals surface area contributed by atoms with E-state index in [1.807, 2.05) is 13.1 Å². The van der Waals surface area contributed by atoms with Crippen molar-refractivity contribution in [1.29, 1.82) is 0 Å². The van der Waals surface area contributed by atoms with Gasteiger partial charge < -0.3 is 19.3 Å². The number of carbonyl (C=O) groups is 1. The third-order valence-corrected chi connectivity index (χ3v) is 6.41. The first-order valence-corrected chi connectivity index (χ1v) is 10.4. The standard InChI is InChI=1S/C20H22N4O3S/c1-13-12-28-19(22-13)14-8-16-17(9-14)21-3-2-18(16)23-4-6-24(7-5-23)20(25)27-15-10-26-11-15/h2-3,8,12,15H,4-7,9-11H2,1H3.